The Morgan fingerprint density at radius 2 is 1.96 bits per heavy atom. The minimum absolute atomic E-state index is 0.0400. The maximum absolute atomic E-state index is 12.5. The molecular weight excluding hydrogens is 336 g/mol. The summed E-state index contributed by atoms with van der Waals surface area (Å²) in [5.41, 5.74) is -0.912. The van der Waals surface area contributed by atoms with Crippen LogP contribution in [-0.2, 0) is 18.8 Å². The average Bonchev–Trinajstić information content (AvgIpc) is 2.74. The van der Waals surface area contributed by atoms with Crippen molar-refractivity contribution >= 4 is 42.4 Å². The van der Waals surface area contributed by atoms with E-state index in [1.165, 1.54) is 19.4 Å². The number of methoxy groups -OCH3 is 1. The van der Waals surface area contributed by atoms with E-state index in [9.17, 15) is 8.68 Å². The third-order valence-electron chi connectivity index (χ3n) is 4.23. The Kier molecular flexibility index (Phi) is 5.21. The summed E-state index contributed by atoms with van der Waals surface area (Å²) in [5, 5.41) is 7.91. The fourth-order valence-electron chi connectivity index (χ4n) is 2.11. The van der Waals surface area contributed by atoms with E-state index in [0.29, 0.717) is 5.46 Å². The molecule has 130 valence electrons. The highest BCUT2D eigenvalue weighted by Gasteiger charge is 2.52. The predicted molar refractivity (Wildman–Crippen MR) is 91.1 cm³/mol. The van der Waals surface area contributed by atoms with Crippen molar-refractivity contribution in [1.82, 2.24) is 4.98 Å². The number of hydrogen-bond donors (Lipinski definition) is 2. The summed E-state index contributed by atoms with van der Waals surface area (Å²) in [5.74, 6) is -0.812. The highest BCUT2D eigenvalue weighted by atomic mass is 32.2. The monoisotopic (exact) mass is 355 g/mol. The zero-order valence-electron chi connectivity index (χ0n) is 14.1. The number of carbonyl (C=O) groups excluding carboxylic acids is 1. The normalized spacial score (nSPS) is 18.3. The summed E-state index contributed by atoms with van der Waals surface area (Å²) in [6, 6.07) is 1.51. The van der Waals surface area contributed by atoms with Crippen molar-refractivity contribution in [2.45, 2.75) is 38.9 Å². The summed E-state index contributed by atoms with van der Waals surface area (Å²) in [6.07, 6.45) is 1.45. The fourth-order valence-corrected chi connectivity index (χ4v) is 2.35. The molecule has 1 fully saturated rings. The number of aromatic nitrogens is 1. The van der Waals surface area contributed by atoms with Crippen molar-refractivity contribution in [2.24, 2.45) is 0 Å². The lowest BCUT2D eigenvalue weighted by molar-refractivity contribution is -0.132. The maximum Gasteiger partial charge on any atom is 0.496 e. The Balaban J connectivity index is 2.40. The number of halogens is 1. The van der Waals surface area contributed by atoms with Gasteiger partial charge >= 0.3 is 13.1 Å². The smallest absolute Gasteiger partial charge is 0.464 e. The number of esters is 1. The molecule has 1 aliphatic rings. The van der Waals surface area contributed by atoms with Gasteiger partial charge in [0.25, 0.3) is 0 Å². The molecule has 0 bridgehead atoms. The number of hydrogen-bond acceptors (Lipinski definition) is 8. The zero-order valence-corrected chi connectivity index (χ0v) is 14.9. The molecule has 0 radical (unpaired) electrons. The molecule has 0 spiro atoms. The quantitative estimate of drug-likeness (QED) is 0.360. The van der Waals surface area contributed by atoms with E-state index in [2.05, 4.69) is 14.4 Å². The molecule has 0 saturated carbocycles. The van der Waals surface area contributed by atoms with Crippen LogP contribution in [0.25, 0.3) is 0 Å². The molecule has 0 amide bonds. The van der Waals surface area contributed by atoms with Gasteiger partial charge in [-0.15, -0.1) is 3.89 Å². The molecule has 1 aromatic rings. The number of ether oxygens (including phenoxy) is 1. The lowest BCUT2D eigenvalue weighted by atomic mass is 9.79. The topological polar surface area (TPSA) is 93.5 Å². The van der Waals surface area contributed by atoms with Gasteiger partial charge in [0, 0.05) is 17.2 Å². The molecule has 2 N–H and O–H groups in total. The lowest BCUT2D eigenvalue weighted by Gasteiger charge is -2.32. The second-order valence-corrected chi connectivity index (χ2v) is 6.66. The molecule has 0 atom stereocenters. The summed E-state index contributed by atoms with van der Waals surface area (Å²) >= 11 is -0.181. The van der Waals surface area contributed by atoms with Gasteiger partial charge in [-0.3, -0.25) is 10.1 Å². The van der Waals surface area contributed by atoms with Gasteiger partial charge in [-0.2, -0.15) is 0 Å². The van der Waals surface area contributed by atoms with Crippen LogP contribution in [0.5, 0.6) is 0 Å². The van der Waals surface area contributed by atoms with Crippen molar-refractivity contribution in [2.75, 3.05) is 11.8 Å². The molecular formula is C14H19BFN3O4S. The van der Waals surface area contributed by atoms with Gasteiger partial charge < -0.3 is 14.0 Å². The van der Waals surface area contributed by atoms with Gasteiger partial charge in [-0.25, -0.2) is 9.78 Å². The summed E-state index contributed by atoms with van der Waals surface area (Å²) in [6.45, 7) is 7.64. The van der Waals surface area contributed by atoms with Crippen LogP contribution in [0, 0.1) is 5.41 Å². The highest BCUT2D eigenvalue weighted by molar-refractivity contribution is 7.95. The van der Waals surface area contributed by atoms with E-state index in [4.69, 9.17) is 14.7 Å². The van der Waals surface area contributed by atoms with Crippen LogP contribution in [0.4, 0.5) is 9.70 Å². The summed E-state index contributed by atoms with van der Waals surface area (Å²) in [7, 11) is 0.457. The third kappa shape index (κ3) is 3.40. The molecule has 7 nitrogen and oxygen atoms in total. The third-order valence-corrected chi connectivity index (χ3v) is 4.50. The molecule has 0 aromatic carbocycles. The first-order valence-electron chi connectivity index (χ1n) is 7.19. The van der Waals surface area contributed by atoms with Gasteiger partial charge in [0.15, 0.2) is 18.0 Å². The maximum atomic E-state index is 12.5. The van der Waals surface area contributed by atoms with Gasteiger partial charge in [0.1, 0.15) is 5.82 Å². The zero-order chi connectivity index (χ0) is 18.1. The number of rotatable bonds is 5. The minimum Gasteiger partial charge on any atom is -0.464 e. The highest BCUT2D eigenvalue weighted by Crippen LogP contribution is 2.36. The Morgan fingerprint density at radius 3 is 2.46 bits per heavy atom. The molecule has 0 unspecified atom stereocenters. The fraction of sp³-hybridized carbons (Fsp3) is 0.500. The standard InChI is InChI=1S/C14H19BFN3O4S/c1-13(2)14(3,4)23-15(22-13)8-6-9(10(17)12(20)21-5)11(18-7-8)19-24-16/h6-7,17H,1-5H3,(H,18,19). The molecule has 1 aromatic heterocycles. The molecule has 2 heterocycles. The number of pyridine rings is 1. The molecule has 1 aliphatic heterocycles. The van der Waals surface area contributed by atoms with Crippen molar-refractivity contribution in [3.63, 3.8) is 0 Å². The van der Waals surface area contributed by atoms with E-state index >= 15 is 0 Å². The van der Waals surface area contributed by atoms with Gasteiger partial charge in [-0.05, 0) is 33.8 Å². The summed E-state index contributed by atoms with van der Waals surface area (Å²) in [4.78, 5) is 15.7. The summed E-state index contributed by atoms with van der Waals surface area (Å²) < 4.78 is 31.2. The number of anilines is 1. The Bertz CT molecular complexity index is 655. The molecule has 1 saturated heterocycles. The van der Waals surface area contributed by atoms with Crippen LogP contribution in [-0.4, -0.2) is 42.1 Å². The van der Waals surface area contributed by atoms with Crippen LogP contribution in [0.1, 0.15) is 33.3 Å². The largest absolute Gasteiger partial charge is 0.496 e. The Morgan fingerprint density at radius 1 is 1.38 bits per heavy atom. The van der Waals surface area contributed by atoms with Gasteiger partial charge in [-0.1, -0.05) is 0 Å². The van der Waals surface area contributed by atoms with Crippen LogP contribution < -0.4 is 10.2 Å². The molecule has 10 heteroatoms. The van der Waals surface area contributed by atoms with Crippen molar-refractivity contribution in [1.29, 1.82) is 5.41 Å². The van der Waals surface area contributed by atoms with E-state index in [1.54, 1.807) is 0 Å². The minimum atomic E-state index is -0.852. The van der Waals surface area contributed by atoms with Crippen molar-refractivity contribution in [3.8, 4) is 0 Å². The predicted octanol–water partition coefficient (Wildman–Crippen LogP) is 1.87. The van der Waals surface area contributed by atoms with E-state index in [-0.39, 0.29) is 23.7 Å². The lowest BCUT2D eigenvalue weighted by Crippen LogP contribution is -2.41. The van der Waals surface area contributed by atoms with Gasteiger partial charge in [0.05, 0.1) is 18.3 Å². The van der Waals surface area contributed by atoms with Crippen molar-refractivity contribution < 1.29 is 22.7 Å². The first-order valence-corrected chi connectivity index (χ1v) is 7.91. The number of nitrogens with one attached hydrogen (secondary N) is 2. The van der Waals surface area contributed by atoms with E-state index < -0.39 is 30.0 Å². The first kappa shape index (κ1) is 18.7. The molecule has 0 aliphatic carbocycles. The second kappa shape index (κ2) is 6.69. The average molecular weight is 355 g/mol. The van der Waals surface area contributed by atoms with Gasteiger partial charge in [0.2, 0.25) is 0 Å². The van der Waals surface area contributed by atoms with Crippen LogP contribution in [0.15, 0.2) is 12.3 Å². The second-order valence-electron chi connectivity index (χ2n) is 6.30. The van der Waals surface area contributed by atoms with Crippen LogP contribution in [0.2, 0.25) is 0 Å². The Labute approximate surface area is 144 Å². The Hall–Kier alpha value is -1.65. The van der Waals surface area contributed by atoms with Crippen LogP contribution in [0.3, 0.4) is 0 Å². The van der Waals surface area contributed by atoms with Crippen LogP contribution >= 0.6 is 12.3 Å². The first-order chi connectivity index (χ1) is 11.1. The SMILES string of the molecule is COC(=O)C(=N)c1cc(B2OC(C)(C)C(C)(C)O2)cnc1NSF. The van der Waals surface area contributed by atoms with E-state index in [1.807, 2.05) is 27.7 Å². The molecule has 24 heavy (non-hydrogen) atoms. The van der Waals surface area contributed by atoms with Crippen molar-refractivity contribution in [3.05, 3.63) is 17.8 Å². The number of carbonyl (C=O) groups is 1. The molecule has 2 rings (SSSR count). The van der Waals surface area contributed by atoms with E-state index in [0.717, 1.165) is 0 Å². The number of nitrogens with zero attached hydrogens (tertiary/aromatic N) is 1.